The van der Waals surface area contributed by atoms with Crippen molar-refractivity contribution in [3.63, 3.8) is 0 Å². The molecule has 0 saturated heterocycles. The highest BCUT2D eigenvalue weighted by Crippen LogP contribution is 2.27. The van der Waals surface area contributed by atoms with Gasteiger partial charge in [-0.15, -0.1) is 0 Å². The van der Waals surface area contributed by atoms with Crippen LogP contribution in [-0.4, -0.2) is 25.2 Å². The summed E-state index contributed by atoms with van der Waals surface area (Å²) in [6.45, 7) is 0. The lowest BCUT2D eigenvalue weighted by molar-refractivity contribution is 0.0601. The zero-order valence-corrected chi connectivity index (χ0v) is 10.7. The summed E-state index contributed by atoms with van der Waals surface area (Å²) < 4.78 is 9.96. The van der Waals surface area contributed by atoms with Crippen LogP contribution < -0.4 is 10.1 Å². The third kappa shape index (κ3) is 2.82. The first-order valence-corrected chi connectivity index (χ1v) is 5.69. The van der Waals surface area contributed by atoms with Gasteiger partial charge in [0.25, 0.3) is 0 Å². The van der Waals surface area contributed by atoms with Gasteiger partial charge in [0.05, 0.1) is 19.9 Å². The molecular formula is C14H14N2O3. The highest BCUT2D eigenvalue weighted by molar-refractivity contribution is 5.95. The second-order valence-corrected chi connectivity index (χ2v) is 3.72. The average molecular weight is 258 g/mol. The molecule has 19 heavy (non-hydrogen) atoms. The van der Waals surface area contributed by atoms with Crippen LogP contribution in [0, 0.1) is 0 Å². The summed E-state index contributed by atoms with van der Waals surface area (Å²) in [6, 6.07) is 10.7. The average Bonchev–Trinajstić information content (AvgIpc) is 2.47. The van der Waals surface area contributed by atoms with Gasteiger partial charge in [-0.05, 0) is 24.3 Å². The van der Waals surface area contributed by atoms with E-state index in [0.717, 1.165) is 5.69 Å². The number of nitrogens with zero attached hydrogens (tertiary/aromatic N) is 1. The number of carbonyl (C=O) groups excluding carboxylic acids is 1. The number of rotatable bonds is 4. The van der Waals surface area contributed by atoms with E-state index in [1.165, 1.54) is 7.11 Å². The number of ether oxygens (including phenoxy) is 2. The lowest BCUT2D eigenvalue weighted by atomic mass is 10.2. The van der Waals surface area contributed by atoms with Gasteiger partial charge in [-0.25, -0.2) is 9.78 Å². The van der Waals surface area contributed by atoms with E-state index in [4.69, 9.17) is 9.47 Å². The summed E-state index contributed by atoms with van der Waals surface area (Å²) in [4.78, 5) is 15.8. The standard InChI is InChI=1S/C14H14N2O3/c1-18-12-8-4-3-7-11(12)16-13-10(14(17)19-2)6-5-9-15-13/h3-9H,1-2H3,(H,15,16). The van der Waals surface area contributed by atoms with Gasteiger partial charge in [-0.3, -0.25) is 0 Å². The van der Waals surface area contributed by atoms with E-state index in [9.17, 15) is 4.79 Å². The summed E-state index contributed by atoms with van der Waals surface area (Å²) >= 11 is 0. The zero-order valence-electron chi connectivity index (χ0n) is 10.7. The molecule has 0 fully saturated rings. The van der Waals surface area contributed by atoms with Crippen molar-refractivity contribution in [3.8, 4) is 5.75 Å². The Morgan fingerprint density at radius 1 is 1.16 bits per heavy atom. The Hall–Kier alpha value is -2.56. The molecule has 0 bridgehead atoms. The quantitative estimate of drug-likeness (QED) is 0.854. The number of hydrogen-bond donors (Lipinski definition) is 1. The van der Waals surface area contributed by atoms with Crippen LogP contribution in [0.3, 0.4) is 0 Å². The summed E-state index contributed by atoms with van der Waals surface area (Å²) in [7, 11) is 2.92. The SMILES string of the molecule is COC(=O)c1cccnc1Nc1ccccc1OC. The number of carbonyl (C=O) groups is 1. The minimum atomic E-state index is -0.439. The highest BCUT2D eigenvalue weighted by atomic mass is 16.5. The van der Waals surface area contributed by atoms with Crippen molar-refractivity contribution in [1.29, 1.82) is 0 Å². The highest BCUT2D eigenvalue weighted by Gasteiger charge is 2.13. The van der Waals surface area contributed by atoms with E-state index < -0.39 is 5.97 Å². The molecule has 5 nitrogen and oxygen atoms in total. The number of anilines is 2. The summed E-state index contributed by atoms with van der Waals surface area (Å²) in [6.07, 6.45) is 1.60. The number of para-hydroxylation sites is 2. The van der Waals surface area contributed by atoms with Crippen molar-refractivity contribution in [1.82, 2.24) is 4.98 Å². The molecule has 0 spiro atoms. The molecule has 0 aliphatic carbocycles. The Bertz CT molecular complexity index is 584. The van der Waals surface area contributed by atoms with Gasteiger partial charge in [0, 0.05) is 6.20 Å². The van der Waals surface area contributed by atoms with Crippen LogP contribution in [0.25, 0.3) is 0 Å². The normalized spacial score (nSPS) is 9.79. The fourth-order valence-electron chi connectivity index (χ4n) is 1.66. The number of benzene rings is 1. The van der Waals surface area contributed by atoms with E-state index in [1.807, 2.05) is 24.3 Å². The van der Waals surface area contributed by atoms with E-state index in [0.29, 0.717) is 17.1 Å². The molecule has 0 saturated carbocycles. The van der Waals surface area contributed by atoms with E-state index >= 15 is 0 Å². The summed E-state index contributed by atoms with van der Waals surface area (Å²) in [5, 5.41) is 3.07. The number of methoxy groups -OCH3 is 2. The Balaban J connectivity index is 2.36. The topological polar surface area (TPSA) is 60.5 Å². The van der Waals surface area contributed by atoms with Gasteiger partial charge >= 0.3 is 5.97 Å². The molecule has 0 atom stereocenters. The lowest BCUT2D eigenvalue weighted by Gasteiger charge is -2.12. The van der Waals surface area contributed by atoms with Crippen molar-refractivity contribution < 1.29 is 14.3 Å². The van der Waals surface area contributed by atoms with Crippen LogP contribution in [0.1, 0.15) is 10.4 Å². The van der Waals surface area contributed by atoms with Gasteiger partial charge in [0.2, 0.25) is 0 Å². The van der Waals surface area contributed by atoms with Gasteiger partial charge in [0.15, 0.2) is 0 Å². The maximum Gasteiger partial charge on any atom is 0.341 e. The minimum Gasteiger partial charge on any atom is -0.495 e. The third-order valence-electron chi connectivity index (χ3n) is 2.57. The van der Waals surface area contributed by atoms with Crippen LogP contribution in [0.4, 0.5) is 11.5 Å². The summed E-state index contributed by atoms with van der Waals surface area (Å²) in [5.41, 5.74) is 1.10. The maximum atomic E-state index is 11.6. The smallest absolute Gasteiger partial charge is 0.341 e. The van der Waals surface area contributed by atoms with E-state index in [2.05, 4.69) is 10.3 Å². The van der Waals surface area contributed by atoms with Crippen molar-refractivity contribution >= 4 is 17.5 Å². The van der Waals surface area contributed by atoms with Crippen molar-refractivity contribution in [2.75, 3.05) is 19.5 Å². The first kappa shape index (κ1) is 12.9. The second-order valence-electron chi connectivity index (χ2n) is 3.72. The van der Waals surface area contributed by atoms with Crippen molar-refractivity contribution in [3.05, 3.63) is 48.2 Å². The number of esters is 1. The second kappa shape index (κ2) is 5.86. The maximum absolute atomic E-state index is 11.6. The van der Waals surface area contributed by atoms with Crippen molar-refractivity contribution in [2.24, 2.45) is 0 Å². The lowest BCUT2D eigenvalue weighted by Crippen LogP contribution is -2.07. The zero-order chi connectivity index (χ0) is 13.7. The first-order valence-electron chi connectivity index (χ1n) is 5.69. The van der Waals surface area contributed by atoms with E-state index in [-0.39, 0.29) is 0 Å². The molecule has 5 heteroatoms. The Labute approximate surface area is 111 Å². The molecule has 98 valence electrons. The molecule has 2 aromatic rings. The first-order chi connectivity index (χ1) is 9.26. The molecule has 1 aromatic heterocycles. The fraction of sp³-hybridized carbons (Fsp3) is 0.143. The number of aromatic nitrogens is 1. The minimum absolute atomic E-state index is 0.371. The predicted octanol–water partition coefficient (Wildman–Crippen LogP) is 2.62. The monoisotopic (exact) mass is 258 g/mol. The molecule has 1 aromatic carbocycles. The molecule has 1 heterocycles. The number of nitrogens with one attached hydrogen (secondary N) is 1. The molecule has 0 amide bonds. The molecule has 0 aliphatic heterocycles. The van der Waals surface area contributed by atoms with Crippen LogP contribution in [0.2, 0.25) is 0 Å². The Morgan fingerprint density at radius 2 is 1.95 bits per heavy atom. The Morgan fingerprint density at radius 3 is 2.68 bits per heavy atom. The predicted molar refractivity (Wildman–Crippen MR) is 71.9 cm³/mol. The largest absolute Gasteiger partial charge is 0.495 e. The van der Waals surface area contributed by atoms with Gasteiger partial charge in [-0.1, -0.05) is 12.1 Å². The molecular weight excluding hydrogens is 244 g/mol. The van der Waals surface area contributed by atoms with Crippen molar-refractivity contribution in [2.45, 2.75) is 0 Å². The molecule has 0 aliphatic rings. The fourth-order valence-corrected chi connectivity index (χ4v) is 1.66. The number of pyridine rings is 1. The molecule has 0 unspecified atom stereocenters. The molecule has 0 radical (unpaired) electrons. The number of hydrogen-bond acceptors (Lipinski definition) is 5. The Kier molecular flexibility index (Phi) is 3.97. The third-order valence-corrected chi connectivity index (χ3v) is 2.57. The van der Waals surface area contributed by atoms with Gasteiger partial charge in [-0.2, -0.15) is 0 Å². The van der Waals surface area contributed by atoms with Crippen LogP contribution >= 0.6 is 0 Å². The van der Waals surface area contributed by atoms with Gasteiger partial charge in [0.1, 0.15) is 17.1 Å². The summed E-state index contributed by atoms with van der Waals surface area (Å²) in [5.74, 6) is 0.660. The van der Waals surface area contributed by atoms with Gasteiger partial charge < -0.3 is 14.8 Å². The molecule has 2 rings (SSSR count). The van der Waals surface area contributed by atoms with Crippen LogP contribution in [0.5, 0.6) is 5.75 Å². The van der Waals surface area contributed by atoms with Crippen LogP contribution in [0.15, 0.2) is 42.6 Å². The molecule has 1 N–H and O–H groups in total. The van der Waals surface area contributed by atoms with E-state index in [1.54, 1.807) is 25.4 Å². The van der Waals surface area contributed by atoms with Crippen LogP contribution in [-0.2, 0) is 4.74 Å².